The highest BCUT2D eigenvalue weighted by Crippen LogP contribution is 2.18. The summed E-state index contributed by atoms with van der Waals surface area (Å²) < 4.78 is 15.3. The molecule has 0 fully saturated rings. The third kappa shape index (κ3) is 7.13. The molecule has 0 bridgehead atoms. The number of benzene rings is 2. The number of hydrogen-bond donors (Lipinski definition) is 5. The summed E-state index contributed by atoms with van der Waals surface area (Å²) in [6, 6.07) is 9.09. The van der Waals surface area contributed by atoms with Crippen molar-refractivity contribution < 1.29 is 44.7 Å². The van der Waals surface area contributed by atoms with E-state index >= 15 is 0 Å². The topological polar surface area (TPSA) is 183 Å². The molecule has 30 heavy (non-hydrogen) atoms. The molecular formula is C17H18ClN3O9. The Hall–Kier alpha value is -2.97. The molecule has 0 heterocycles. The van der Waals surface area contributed by atoms with Crippen LogP contribution in [-0.4, -0.2) is 41.8 Å². The van der Waals surface area contributed by atoms with E-state index in [0.29, 0.717) is 10.8 Å². The van der Waals surface area contributed by atoms with Gasteiger partial charge in [0.25, 0.3) is 0 Å². The lowest BCUT2D eigenvalue weighted by molar-refractivity contribution is -0.996. The fraction of sp³-hybridized carbons (Fsp3) is 0.176. The minimum atomic E-state index is -1.42. The van der Waals surface area contributed by atoms with Gasteiger partial charge in [-0.3, -0.25) is 0 Å². The van der Waals surface area contributed by atoms with Crippen molar-refractivity contribution in [2.45, 2.75) is 6.10 Å². The first-order valence-electron chi connectivity index (χ1n) is 8.29. The highest BCUT2D eigenvalue weighted by Gasteiger charge is 2.22. The SMILES string of the molecule is NC(=O)OCC(COc1ccc(Cl)cc1)OC(=O)c1cc([NH+]([O-])O)cc([NH+]([O-])O)c1. The summed E-state index contributed by atoms with van der Waals surface area (Å²) in [7, 11) is 0. The Labute approximate surface area is 174 Å². The van der Waals surface area contributed by atoms with Crippen LogP contribution in [0.25, 0.3) is 0 Å². The van der Waals surface area contributed by atoms with Crippen molar-refractivity contribution in [3.8, 4) is 5.75 Å². The number of primary amides is 1. The second kappa shape index (κ2) is 10.7. The van der Waals surface area contributed by atoms with Gasteiger partial charge in [0.15, 0.2) is 17.5 Å². The van der Waals surface area contributed by atoms with Crippen molar-refractivity contribution in [3.63, 3.8) is 0 Å². The molecular weight excluding hydrogens is 426 g/mol. The van der Waals surface area contributed by atoms with Gasteiger partial charge in [0.05, 0.1) is 11.6 Å². The number of carbonyl (C=O) groups excluding carboxylic acids is 2. The zero-order chi connectivity index (χ0) is 22.3. The van der Waals surface area contributed by atoms with E-state index in [4.69, 9.17) is 37.2 Å². The Morgan fingerprint density at radius 1 is 1.03 bits per heavy atom. The number of quaternary nitrogens is 2. The van der Waals surface area contributed by atoms with Crippen molar-refractivity contribution in [1.29, 1.82) is 0 Å². The third-order valence-electron chi connectivity index (χ3n) is 3.60. The zero-order valence-electron chi connectivity index (χ0n) is 15.2. The largest absolute Gasteiger partial charge is 0.595 e. The van der Waals surface area contributed by atoms with Gasteiger partial charge >= 0.3 is 12.1 Å². The maximum absolute atomic E-state index is 12.5. The molecule has 0 radical (unpaired) electrons. The molecule has 0 spiro atoms. The standard InChI is InChI=1S/C17H18ClN3O9/c18-11-1-3-14(4-2-11)28-8-15(9-29-17(19)23)30-16(22)10-5-12(20(24)25)7-13(6-10)21(26)27/h1-7,15,20-21,24,26H,8-9H2,(H2,19,23). The summed E-state index contributed by atoms with van der Waals surface area (Å²) in [4.78, 5) is 23.3. The van der Waals surface area contributed by atoms with E-state index in [2.05, 4.69) is 4.74 Å². The Kier molecular flexibility index (Phi) is 8.32. The second-order valence-electron chi connectivity index (χ2n) is 5.83. The van der Waals surface area contributed by atoms with Crippen molar-refractivity contribution >= 4 is 35.0 Å². The van der Waals surface area contributed by atoms with E-state index in [1.165, 1.54) is 0 Å². The zero-order valence-corrected chi connectivity index (χ0v) is 16.0. The maximum atomic E-state index is 12.5. The van der Waals surface area contributed by atoms with Gasteiger partial charge in [-0.05, 0) is 24.3 Å². The van der Waals surface area contributed by atoms with Crippen LogP contribution in [0, 0.1) is 10.4 Å². The first kappa shape index (κ1) is 23.3. The van der Waals surface area contributed by atoms with Gasteiger partial charge in [0.2, 0.25) is 0 Å². The van der Waals surface area contributed by atoms with Gasteiger partial charge in [-0.15, -0.1) is 0 Å². The van der Waals surface area contributed by atoms with Crippen LogP contribution in [0.1, 0.15) is 10.4 Å². The second-order valence-corrected chi connectivity index (χ2v) is 6.27. The minimum absolute atomic E-state index is 0.245. The van der Waals surface area contributed by atoms with E-state index in [1.54, 1.807) is 24.3 Å². The molecule has 2 aromatic rings. The maximum Gasteiger partial charge on any atom is 0.404 e. The molecule has 0 aliphatic heterocycles. The molecule has 0 aliphatic carbocycles. The van der Waals surface area contributed by atoms with Crippen LogP contribution in [0.5, 0.6) is 5.75 Å². The summed E-state index contributed by atoms with van der Waals surface area (Å²) in [6.07, 6.45) is -2.23. The number of amides is 1. The number of carbonyl (C=O) groups is 2. The van der Waals surface area contributed by atoms with Crippen molar-refractivity contribution in [1.82, 2.24) is 0 Å². The molecule has 162 valence electrons. The highest BCUT2D eigenvalue weighted by molar-refractivity contribution is 6.30. The minimum Gasteiger partial charge on any atom is -0.595 e. The fourth-order valence-corrected chi connectivity index (χ4v) is 2.35. The lowest BCUT2D eigenvalue weighted by Gasteiger charge is -2.20. The first-order chi connectivity index (χ1) is 14.2. The van der Waals surface area contributed by atoms with E-state index in [0.717, 1.165) is 18.2 Å². The summed E-state index contributed by atoms with van der Waals surface area (Å²) >= 11 is 5.79. The first-order valence-corrected chi connectivity index (χ1v) is 8.66. The van der Waals surface area contributed by atoms with Gasteiger partial charge in [-0.1, -0.05) is 11.6 Å². The third-order valence-corrected chi connectivity index (χ3v) is 3.85. The van der Waals surface area contributed by atoms with Crippen molar-refractivity contribution in [2.24, 2.45) is 5.73 Å². The van der Waals surface area contributed by atoms with Gasteiger partial charge in [0, 0.05) is 17.2 Å². The van der Waals surface area contributed by atoms with Crippen LogP contribution in [-0.2, 0) is 9.47 Å². The smallest absolute Gasteiger partial charge is 0.404 e. The van der Waals surface area contributed by atoms with Crippen LogP contribution in [0.2, 0.25) is 5.02 Å². The predicted molar refractivity (Wildman–Crippen MR) is 99.7 cm³/mol. The van der Waals surface area contributed by atoms with E-state index in [-0.39, 0.29) is 12.2 Å². The Balaban J connectivity index is 2.16. The monoisotopic (exact) mass is 443 g/mol. The molecule has 1 amide bonds. The van der Waals surface area contributed by atoms with Crippen LogP contribution in [0.3, 0.4) is 0 Å². The summed E-state index contributed by atoms with van der Waals surface area (Å²) in [5.74, 6) is -0.654. The molecule has 2 aromatic carbocycles. The fourth-order valence-electron chi connectivity index (χ4n) is 2.22. The average Bonchev–Trinajstić information content (AvgIpc) is 2.70. The Morgan fingerprint density at radius 2 is 1.60 bits per heavy atom. The lowest BCUT2D eigenvalue weighted by Crippen LogP contribution is -3.00. The van der Waals surface area contributed by atoms with Crippen molar-refractivity contribution in [2.75, 3.05) is 13.2 Å². The normalized spacial score (nSPS) is 13.8. The van der Waals surface area contributed by atoms with Crippen molar-refractivity contribution in [3.05, 3.63) is 63.5 Å². The summed E-state index contributed by atoms with van der Waals surface area (Å²) in [6.45, 7) is -0.690. The number of nitrogens with one attached hydrogen (secondary N) is 2. The molecule has 2 rings (SSSR count). The number of rotatable bonds is 9. The van der Waals surface area contributed by atoms with Gasteiger partial charge in [-0.2, -0.15) is 10.5 Å². The van der Waals surface area contributed by atoms with E-state index in [9.17, 15) is 20.0 Å². The molecule has 0 aromatic heterocycles. The van der Waals surface area contributed by atoms with Crippen LogP contribution < -0.4 is 20.9 Å². The van der Waals surface area contributed by atoms with E-state index in [1.807, 2.05) is 0 Å². The molecule has 12 nitrogen and oxygen atoms in total. The Bertz CT molecular complexity index is 851. The molecule has 13 heteroatoms. The number of hydrogen-bond acceptors (Lipinski definition) is 9. The summed E-state index contributed by atoms with van der Waals surface area (Å²) in [5, 5.41) is 38.2. The van der Waals surface area contributed by atoms with E-state index < -0.39 is 46.6 Å². The number of ether oxygens (including phenoxy) is 3. The Morgan fingerprint density at radius 3 is 2.10 bits per heavy atom. The molecule has 3 unspecified atom stereocenters. The van der Waals surface area contributed by atoms with Gasteiger partial charge in [-0.25, -0.2) is 20.0 Å². The molecule has 3 atom stereocenters. The highest BCUT2D eigenvalue weighted by atomic mass is 35.5. The van der Waals surface area contributed by atoms with Gasteiger partial charge < -0.3 is 30.4 Å². The molecule has 0 saturated carbocycles. The van der Waals surface area contributed by atoms with Crippen LogP contribution >= 0.6 is 11.6 Å². The molecule has 0 aliphatic rings. The predicted octanol–water partition coefficient (Wildman–Crippen LogP) is -0.153. The number of nitrogens with two attached hydrogens (primary N) is 1. The quantitative estimate of drug-likeness (QED) is 0.259. The number of esters is 1. The summed E-state index contributed by atoms with van der Waals surface area (Å²) in [5.41, 5.74) is 3.78. The molecule has 0 saturated heterocycles. The number of halogens is 1. The van der Waals surface area contributed by atoms with Crippen LogP contribution in [0.15, 0.2) is 42.5 Å². The lowest BCUT2D eigenvalue weighted by atomic mass is 10.1. The molecule has 6 N–H and O–H groups in total. The van der Waals surface area contributed by atoms with Gasteiger partial charge in [0.1, 0.15) is 19.0 Å². The average molecular weight is 444 g/mol. The van der Waals surface area contributed by atoms with Crippen LogP contribution in [0.4, 0.5) is 16.2 Å².